The molecule has 2 aliphatic heterocycles. The zero-order valence-electron chi connectivity index (χ0n) is 63.9. The molecule has 0 radical (unpaired) electrons. The predicted molar refractivity (Wildman–Crippen MR) is 375 cm³/mol. The molecular formula is C82H54BN3O2S. The molecule has 0 saturated carbocycles. The second kappa shape index (κ2) is 18.9. The zero-order valence-corrected chi connectivity index (χ0v) is 48.7. The first-order valence-electron chi connectivity index (χ1n) is 37.4. The van der Waals surface area contributed by atoms with Crippen LogP contribution < -0.4 is 21.3 Å². The number of furan rings is 2. The Morgan fingerprint density at radius 3 is 1.63 bits per heavy atom. The van der Waals surface area contributed by atoms with Gasteiger partial charge in [0, 0.05) is 86.8 Å². The number of hydrogen-bond donors (Lipinski definition) is 0. The number of anilines is 3. The van der Waals surface area contributed by atoms with Gasteiger partial charge in [0.05, 0.1) is 49.7 Å². The van der Waals surface area contributed by atoms with Gasteiger partial charge in [-0.2, -0.15) is 0 Å². The highest BCUT2D eigenvalue weighted by atomic mass is 32.2. The van der Waals surface area contributed by atoms with Crippen LogP contribution in [0.4, 0.5) is 17.1 Å². The molecule has 418 valence electrons. The molecule has 0 aliphatic carbocycles. The van der Waals surface area contributed by atoms with Crippen molar-refractivity contribution in [1.29, 1.82) is 0 Å². The second-order valence-electron chi connectivity index (χ2n) is 23.9. The summed E-state index contributed by atoms with van der Waals surface area (Å²) in [4.78, 5) is 3.83. The van der Waals surface area contributed by atoms with E-state index in [-0.39, 0.29) is 43.6 Å². The summed E-state index contributed by atoms with van der Waals surface area (Å²) in [6.45, 7) is 5.91. The molecule has 89 heavy (non-hydrogen) atoms. The summed E-state index contributed by atoms with van der Waals surface area (Å²) in [5, 5.41) is 3.33. The van der Waals surface area contributed by atoms with Crippen LogP contribution >= 0.6 is 11.8 Å². The first-order valence-corrected chi connectivity index (χ1v) is 30.3. The molecule has 0 bridgehead atoms. The predicted octanol–water partition coefficient (Wildman–Crippen LogP) is 20.7. The number of benzene rings is 13. The van der Waals surface area contributed by atoms with E-state index in [1.165, 1.54) is 16.3 Å². The minimum absolute atomic E-state index is 0.0246. The Labute approximate surface area is 540 Å². The lowest BCUT2D eigenvalue weighted by Crippen LogP contribution is -2.60. The number of para-hydroxylation sites is 6. The van der Waals surface area contributed by atoms with Gasteiger partial charge >= 0.3 is 0 Å². The van der Waals surface area contributed by atoms with Crippen LogP contribution in [0.15, 0.2) is 291 Å². The van der Waals surface area contributed by atoms with E-state index in [1.807, 2.05) is 121 Å². The molecule has 5 nitrogen and oxygen atoms in total. The fourth-order valence-electron chi connectivity index (χ4n) is 14.0. The average Bonchev–Trinajstić information content (AvgIpc) is 1.69. The summed E-state index contributed by atoms with van der Waals surface area (Å²) in [6.07, 6.45) is 0. The standard InChI is InChI=1S/C82H54BN3O2S/c1-82(2,3)52-45-62(49-20-5-4-6-21-49)81(64(46-52)60-28-19-35-76-79(60)61-27-12-18-34-74(61)88-76)86-71-47-53(84-67-29-13-7-22-55(67)56-23-8-14-30-68(56)84)37-39-65(71)83-66-40-38-54(85-69-31-15-9-24-57(69)58-25-10-16-32-70(58)85)48-77(66)89-78-44-51(43-72(86)80(78)83)50-36-41-75-63(42-50)59-26-11-17-33-73(59)87-75/h4-48H,1-3H3/i7D,8D,9D,10D,13D,14D,15D,16D,22D,23D,24D,25D,29D,30D,31D,32D. The van der Waals surface area contributed by atoms with Crippen LogP contribution in [0.5, 0.6) is 0 Å². The van der Waals surface area contributed by atoms with E-state index < -0.39 is 109 Å². The third-order valence-electron chi connectivity index (χ3n) is 18.0. The molecule has 0 unspecified atom stereocenters. The summed E-state index contributed by atoms with van der Waals surface area (Å²) in [7, 11) is 0. The van der Waals surface area contributed by atoms with Crippen molar-refractivity contribution in [3.05, 3.63) is 278 Å². The van der Waals surface area contributed by atoms with Crippen LogP contribution in [0.2, 0.25) is 0 Å². The van der Waals surface area contributed by atoms with Crippen LogP contribution in [0, 0.1) is 0 Å². The lowest BCUT2D eigenvalue weighted by atomic mass is 9.34. The Bertz CT molecular complexity index is 6700. The van der Waals surface area contributed by atoms with Gasteiger partial charge in [-0.05, 0) is 147 Å². The van der Waals surface area contributed by atoms with Crippen molar-refractivity contribution < 1.29 is 30.8 Å². The third kappa shape index (κ3) is 7.46. The number of nitrogens with zero attached hydrogens (tertiary/aromatic N) is 3. The van der Waals surface area contributed by atoms with Gasteiger partial charge in [-0.25, -0.2) is 0 Å². The Morgan fingerprint density at radius 2 is 0.955 bits per heavy atom. The average molecular weight is 1170 g/mol. The maximum absolute atomic E-state index is 9.76. The smallest absolute Gasteiger partial charge is 0.249 e. The molecule has 0 saturated heterocycles. The van der Waals surface area contributed by atoms with Crippen LogP contribution in [0.1, 0.15) is 48.3 Å². The molecule has 0 atom stereocenters. The van der Waals surface area contributed by atoms with Crippen molar-refractivity contribution in [3.63, 3.8) is 0 Å². The molecule has 2 aliphatic rings. The van der Waals surface area contributed by atoms with Crippen molar-refractivity contribution in [2.24, 2.45) is 0 Å². The SMILES string of the molecule is [2H]c1c([2H])c([2H])c2c(c1[2H])c1c([2H])c([2H])c([2H])c([2H])c1n2-c1ccc2c(c1)Sc1cc(-c3ccc4oc5ccccc5c4c3)cc3c1B2c1ccc(-n2c4c([2H])c([2H])c([2H])c([2H])c4c4c([2H])c([2H])c([2H])c([2H])c42)cc1N3c1c(-c2ccccc2)cc(C(C)(C)C)cc1-c1cccc2oc3ccccc3c12. The van der Waals surface area contributed by atoms with Crippen LogP contribution in [-0.2, 0) is 5.41 Å². The molecule has 19 rings (SSSR count). The summed E-state index contributed by atoms with van der Waals surface area (Å²) in [5.41, 5.74) is 13.5. The highest BCUT2D eigenvalue weighted by molar-refractivity contribution is 8.00. The van der Waals surface area contributed by atoms with Crippen LogP contribution in [0.3, 0.4) is 0 Å². The third-order valence-corrected chi connectivity index (χ3v) is 19.1. The van der Waals surface area contributed by atoms with Crippen molar-refractivity contribution in [3.8, 4) is 44.8 Å². The van der Waals surface area contributed by atoms with Gasteiger partial charge < -0.3 is 22.9 Å². The number of rotatable bonds is 6. The van der Waals surface area contributed by atoms with Crippen LogP contribution in [-0.4, -0.2) is 15.8 Å². The topological polar surface area (TPSA) is 39.4 Å². The van der Waals surface area contributed by atoms with Crippen molar-refractivity contribution in [1.82, 2.24) is 9.13 Å². The lowest BCUT2D eigenvalue weighted by Gasteiger charge is -2.42. The van der Waals surface area contributed by atoms with Gasteiger partial charge in [-0.1, -0.05) is 208 Å². The highest BCUT2D eigenvalue weighted by Gasteiger charge is 2.43. The van der Waals surface area contributed by atoms with Crippen LogP contribution in [0.25, 0.3) is 132 Å². The van der Waals surface area contributed by atoms with E-state index in [4.69, 9.17) is 17.1 Å². The lowest BCUT2D eigenvalue weighted by molar-refractivity contribution is 0.591. The highest BCUT2D eigenvalue weighted by Crippen LogP contribution is 2.54. The maximum atomic E-state index is 9.76. The van der Waals surface area contributed by atoms with Crippen molar-refractivity contribution in [2.45, 2.75) is 36.0 Å². The number of fused-ring (bicyclic) bond motifs is 16. The van der Waals surface area contributed by atoms with E-state index in [1.54, 1.807) is 4.57 Å². The largest absolute Gasteiger partial charge is 0.456 e. The first-order chi connectivity index (χ1) is 50.4. The Balaban J connectivity index is 0.986. The van der Waals surface area contributed by atoms with Gasteiger partial charge in [-0.3, -0.25) is 0 Å². The normalized spacial score (nSPS) is 15.5. The van der Waals surface area contributed by atoms with E-state index >= 15 is 0 Å². The molecule has 0 spiro atoms. The molecule has 13 aromatic carbocycles. The monoisotopic (exact) mass is 1170 g/mol. The Hall–Kier alpha value is -10.7. The second-order valence-corrected chi connectivity index (χ2v) is 25.0. The molecule has 4 aromatic heterocycles. The van der Waals surface area contributed by atoms with E-state index in [9.17, 15) is 13.7 Å². The van der Waals surface area contributed by atoms with Gasteiger partial charge in [0.15, 0.2) is 0 Å². The molecule has 17 aromatic rings. The van der Waals surface area contributed by atoms with Crippen molar-refractivity contribution >= 4 is 139 Å². The zero-order chi connectivity index (χ0) is 72.7. The maximum Gasteiger partial charge on any atom is 0.249 e. The molecule has 7 heteroatoms. The summed E-state index contributed by atoms with van der Waals surface area (Å²) < 4.78 is 164. The van der Waals surface area contributed by atoms with E-state index in [0.29, 0.717) is 38.7 Å². The molecule has 0 N–H and O–H groups in total. The fourth-order valence-corrected chi connectivity index (χ4v) is 15.3. The molecule has 0 fully saturated rings. The van der Waals surface area contributed by atoms with Gasteiger partial charge in [0.25, 0.3) is 0 Å². The molecule has 0 amide bonds. The number of aromatic nitrogens is 2. The summed E-state index contributed by atoms with van der Waals surface area (Å²) in [5.74, 6) is 0. The summed E-state index contributed by atoms with van der Waals surface area (Å²) in [6, 6.07) is 50.7. The Morgan fingerprint density at radius 1 is 0.393 bits per heavy atom. The van der Waals surface area contributed by atoms with Gasteiger partial charge in [-0.15, -0.1) is 0 Å². The molecular weight excluding hydrogens is 1100 g/mol. The van der Waals surface area contributed by atoms with Gasteiger partial charge in [0.2, 0.25) is 6.71 Å². The minimum Gasteiger partial charge on any atom is -0.456 e. The van der Waals surface area contributed by atoms with Crippen molar-refractivity contribution in [2.75, 3.05) is 4.90 Å². The number of hydrogen-bond acceptors (Lipinski definition) is 4. The Kier molecular flexibility index (Phi) is 7.87. The van der Waals surface area contributed by atoms with Gasteiger partial charge in [0.1, 0.15) is 22.3 Å². The molecule has 6 heterocycles. The minimum atomic E-state index is -0.658. The fraction of sp³-hybridized carbons (Fsp3) is 0.0488. The van der Waals surface area contributed by atoms with E-state index in [0.717, 1.165) is 98.7 Å². The van der Waals surface area contributed by atoms with E-state index in [2.05, 4.69) is 80.3 Å². The quantitative estimate of drug-likeness (QED) is 0.156. The first kappa shape index (κ1) is 37.1. The summed E-state index contributed by atoms with van der Waals surface area (Å²) >= 11 is 1.49.